The van der Waals surface area contributed by atoms with Crippen molar-refractivity contribution in [3.8, 4) is 11.1 Å². The van der Waals surface area contributed by atoms with E-state index in [0.717, 1.165) is 25.3 Å². The fourth-order valence-electron chi connectivity index (χ4n) is 3.55. The summed E-state index contributed by atoms with van der Waals surface area (Å²) in [5.74, 6) is -1.14. The molecule has 1 aliphatic rings. The minimum atomic E-state index is -4.42. The first-order valence-corrected chi connectivity index (χ1v) is 9.16. The second kappa shape index (κ2) is 8.05. The van der Waals surface area contributed by atoms with Crippen LogP contribution in [0.4, 0.5) is 13.2 Å². The lowest BCUT2D eigenvalue weighted by Crippen LogP contribution is -2.18. The Morgan fingerprint density at radius 1 is 1.18 bits per heavy atom. The van der Waals surface area contributed by atoms with Gasteiger partial charge in [0.25, 0.3) is 0 Å². The molecule has 1 fully saturated rings. The van der Waals surface area contributed by atoms with Gasteiger partial charge in [-0.25, -0.2) is 4.79 Å². The minimum absolute atomic E-state index is 0.0870. The number of alkyl halides is 3. The Balaban J connectivity index is 2.13. The van der Waals surface area contributed by atoms with Crippen LogP contribution < -0.4 is 0 Å². The van der Waals surface area contributed by atoms with Gasteiger partial charge in [0.1, 0.15) is 0 Å². The van der Waals surface area contributed by atoms with E-state index in [1.165, 1.54) is 12.1 Å². The molecular formula is C23H21F3O2. The van der Waals surface area contributed by atoms with Crippen LogP contribution in [0, 0.1) is 0 Å². The van der Waals surface area contributed by atoms with E-state index in [1.54, 1.807) is 30.3 Å². The highest BCUT2D eigenvalue weighted by atomic mass is 19.4. The van der Waals surface area contributed by atoms with Crippen molar-refractivity contribution in [1.29, 1.82) is 0 Å². The average molecular weight is 386 g/mol. The molecule has 1 aliphatic carbocycles. The number of aliphatic carboxylic acids is 1. The molecule has 0 unspecified atom stereocenters. The van der Waals surface area contributed by atoms with E-state index in [1.807, 2.05) is 6.07 Å². The van der Waals surface area contributed by atoms with Gasteiger partial charge in [-0.05, 0) is 65.1 Å². The third-order valence-corrected chi connectivity index (χ3v) is 5.08. The quantitative estimate of drug-likeness (QED) is 0.456. The van der Waals surface area contributed by atoms with Crippen molar-refractivity contribution >= 4 is 12.0 Å². The van der Waals surface area contributed by atoms with Gasteiger partial charge >= 0.3 is 12.1 Å². The van der Waals surface area contributed by atoms with Crippen LogP contribution in [0.2, 0.25) is 0 Å². The Morgan fingerprint density at radius 3 is 2.36 bits per heavy atom. The van der Waals surface area contributed by atoms with E-state index in [0.29, 0.717) is 34.2 Å². The van der Waals surface area contributed by atoms with E-state index in [4.69, 9.17) is 5.11 Å². The van der Waals surface area contributed by atoms with Crippen molar-refractivity contribution in [2.24, 2.45) is 0 Å². The van der Waals surface area contributed by atoms with Crippen LogP contribution in [0.5, 0.6) is 0 Å². The fraction of sp³-hybridized carbons (Fsp3) is 0.261. The summed E-state index contributed by atoms with van der Waals surface area (Å²) in [5, 5.41) is 8.72. The van der Waals surface area contributed by atoms with Crippen molar-refractivity contribution < 1.29 is 23.1 Å². The smallest absolute Gasteiger partial charge is 0.416 e. The molecule has 0 heterocycles. The van der Waals surface area contributed by atoms with Crippen LogP contribution in [-0.4, -0.2) is 11.1 Å². The lowest BCUT2D eigenvalue weighted by molar-refractivity contribution is -0.138. The van der Waals surface area contributed by atoms with Gasteiger partial charge in [-0.3, -0.25) is 0 Å². The van der Waals surface area contributed by atoms with E-state index >= 15 is 0 Å². The van der Waals surface area contributed by atoms with Crippen molar-refractivity contribution in [3.63, 3.8) is 0 Å². The van der Waals surface area contributed by atoms with Crippen molar-refractivity contribution in [1.82, 2.24) is 0 Å². The minimum Gasteiger partial charge on any atom is -0.478 e. The maximum atomic E-state index is 13.8. The van der Waals surface area contributed by atoms with Gasteiger partial charge < -0.3 is 5.11 Å². The number of allylic oxidation sites excluding steroid dienone is 1. The lowest BCUT2D eigenvalue weighted by Gasteiger charge is -2.31. The number of carboxylic acids is 1. The molecule has 0 atom stereocenters. The predicted octanol–water partition coefficient (Wildman–Crippen LogP) is 6.47. The van der Waals surface area contributed by atoms with Gasteiger partial charge in [0.15, 0.2) is 0 Å². The topological polar surface area (TPSA) is 37.3 Å². The molecule has 1 N–H and O–H groups in total. The average Bonchev–Trinajstić information content (AvgIpc) is 2.59. The van der Waals surface area contributed by atoms with Crippen LogP contribution in [-0.2, 0) is 17.4 Å². The summed E-state index contributed by atoms with van der Waals surface area (Å²) in [6, 6.07) is 10.0. The fourth-order valence-corrected chi connectivity index (χ4v) is 3.55. The molecule has 2 nitrogen and oxygen atoms in total. The molecule has 0 spiro atoms. The Morgan fingerprint density at radius 2 is 1.86 bits per heavy atom. The highest BCUT2D eigenvalue weighted by Gasteiger charge is 2.38. The lowest BCUT2D eigenvalue weighted by atomic mass is 9.74. The van der Waals surface area contributed by atoms with Crippen LogP contribution in [0.1, 0.15) is 47.4 Å². The second-order valence-electron chi connectivity index (χ2n) is 7.02. The van der Waals surface area contributed by atoms with Gasteiger partial charge in [0.2, 0.25) is 0 Å². The maximum Gasteiger partial charge on any atom is 0.416 e. The molecule has 2 aromatic rings. The number of benzene rings is 2. The molecule has 28 heavy (non-hydrogen) atoms. The largest absolute Gasteiger partial charge is 0.478 e. The van der Waals surface area contributed by atoms with Gasteiger partial charge in [0.05, 0.1) is 5.56 Å². The summed E-state index contributed by atoms with van der Waals surface area (Å²) in [7, 11) is 0. The molecule has 3 rings (SSSR count). The SMILES string of the molecule is C=CCc1cc(-c2ccc(/C=C/C(=O)O)cc2)c(C2CCC2)c(C(F)(F)F)c1. The molecular weight excluding hydrogens is 365 g/mol. The third-order valence-electron chi connectivity index (χ3n) is 5.08. The van der Waals surface area contributed by atoms with E-state index in [2.05, 4.69) is 6.58 Å². The van der Waals surface area contributed by atoms with Crippen LogP contribution >= 0.6 is 0 Å². The first kappa shape index (κ1) is 19.9. The zero-order valence-corrected chi connectivity index (χ0v) is 15.3. The van der Waals surface area contributed by atoms with Crippen molar-refractivity contribution in [2.45, 2.75) is 37.8 Å². The molecule has 0 aliphatic heterocycles. The highest BCUT2D eigenvalue weighted by Crippen LogP contribution is 2.47. The molecule has 1 saturated carbocycles. The molecule has 146 valence electrons. The Bertz CT molecular complexity index is 905. The predicted molar refractivity (Wildman–Crippen MR) is 104 cm³/mol. The number of carboxylic acid groups (broad SMARTS) is 1. The standard InChI is InChI=1S/C23H21F3O2/c1-2-4-16-13-19(17-10-7-15(8-11-17)9-12-21(27)28)22(18-5-3-6-18)20(14-16)23(24,25)26/h2,7-14,18H,1,3-6H2,(H,27,28)/b12-9+. The normalized spacial score (nSPS) is 14.8. The monoisotopic (exact) mass is 386 g/mol. The summed E-state index contributed by atoms with van der Waals surface area (Å²) < 4.78 is 41.5. The molecule has 0 radical (unpaired) electrons. The Kier molecular flexibility index (Phi) is 5.73. The first-order chi connectivity index (χ1) is 13.3. The number of carbonyl (C=O) groups is 1. The molecule has 0 bridgehead atoms. The van der Waals surface area contributed by atoms with Crippen LogP contribution in [0.3, 0.4) is 0 Å². The van der Waals surface area contributed by atoms with Crippen molar-refractivity contribution in [2.75, 3.05) is 0 Å². The van der Waals surface area contributed by atoms with Gasteiger partial charge in [-0.1, -0.05) is 42.8 Å². The van der Waals surface area contributed by atoms with E-state index < -0.39 is 17.7 Å². The molecule has 2 aromatic carbocycles. The van der Waals surface area contributed by atoms with Gasteiger partial charge in [-0.15, -0.1) is 6.58 Å². The summed E-state index contributed by atoms with van der Waals surface area (Å²) in [4.78, 5) is 10.6. The van der Waals surface area contributed by atoms with Gasteiger partial charge in [-0.2, -0.15) is 13.2 Å². The third kappa shape index (κ3) is 4.35. The maximum absolute atomic E-state index is 13.8. The van der Waals surface area contributed by atoms with Crippen LogP contribution in [0.25, 0.3) is 17.2 Å². The molecule has 0 amide bonds. The molecule has 0 aromatic heterocycles. The number of hydrogen-bond acceptors (Lipinski definition) is 1. The number of hydrogen-bond donors (Lipinski definition) is 1. The van der Waals surface area contributed by atoms with E-state index in [9.17, 15) is 18.0 Å². The van der Waals surface area contributed by atoms with Crippen LogP contribution in [0.15, 0.2) is 55.1 Å². The Hall–Kier alpha value is -2.82. The molecule has 0 saturated heterocycles. The number of rotatable bonds is 6. The second-order valence-corrected chi connectivity index (χ2v) is 7.02. The van der Waals surface area contributed by atoms with Crippen molar-refractivity contribution in [3.05, 3.63) is 77.4 Å². The zero-order chi connectivity index (χ0) is 20.3. The number of halogens is 3. The summed E-state index contributed by atoms with van der Waals surface area (Å²) in [5.41, 5.74) is 2.38. The molecule has 5 heteroatoms. The summed E-state index contributed by atoms with van der Waals surface area (Å²) in [6.07, 6.45) is 2.49. The summed E-state index contributed by atoms with van der Waals surface area (Å²) in [6.45, 7) is 3.64. The van der Waals surface area contributed by atoms with Gasteiger partial charge in [0, 0.05) is 6.08 Å². The Labute approximate surface area is 162 Å². The first-order valence-electron chi connectivity index (χ1n) is 9.16. The highest BCUT2D eigenvalue weighted by molar-refractivity contribution is 5.85. The van der Waals surface area contributed by atoms with E-state index in [-0.39, 0.29) is 5.92 Å². The zero-order valence-electron chi connectivity index (χ0n) is 15.3. The summed E-state index contributed by atoms with van der Waals surface area (Å²) >= 11 is 0.